The first-order valence-electron chi connectivity index (χ1n) is 30.1. The molecule has 6 rings (SSSR count). The summed E-state index contributed by atoms with van der Waals surface area (Å²) < 4.78 is 125. The zero-order valence-corrected chi connectivity index (χ0v) is 57.0. The number of alkyl halides is 3. The highest BCUT2D eigenvalue weighted by atomic mass is 35.6. The molecule has 0 saturated carbocycles. The van der Waals surface area contributed by atoms with Crippen molar-refractivity contribution >= 4 is 106 Å². The number of hydrogen-bond acceptors (Lipinski definition) is 33. The number of carbonyl (C=O) groups excluding carboxylic acids is 11. The Morgan fingerprint density at radius 2 is 0.622 bits per heavy atom. The van der Waals surface area contributed by atoms with Crippen LogP contribution in [0.1, 0.15) is 87.3 Å². The van der Waals surface area contributed by atoms with E-state index in [9.17, 15) is 52.7 Å². The summed E-state index contributed by atoms with van der Waals surface area (Å²) in [6.45, 7) is 7.05. The average molecular weight is 1450 g/mol. The average Bonchev–Trinajstić information content (AvgIpc) is 0.771. The van der Waals surface area contributed by atoms with Crippen LogP contribution in [0.3, 0.4) is 0 Å². The smallest absolute Gasteiger partial charge is 0.303 e. The summed E-state index contributed by atoms with van der Waals surface area (Å²) in [5, 5.41) is 8.90. The van der Waals surface area contributed by atoms with E-state index in [4.69, 9.17) is 140 Å². The van der Waals surface area contributed by atoms with Gasteiger partial charge in [-0.3, -0.25) is 58.1 Å². The number of halogens is 3. The maximum atomic E-state index is 13.4. The first-order valence-corrected chi connectivity index (χ1v) is 31.3. The number of carbonyl (C=O) groups is 11. The first-order chi connectivity index (χ1) is 46.2. The van der Waals surface area contributed by atoms with Crippen LogP contribution in [-0.2, 0) is 165 Å². The molecule has 98 heavy (non-hydrogen) atoms. The van der Waals surface area contributed by atoms with Crippen molar-refractivity contribution in [3.63, 3.8) is 0 Å². The fourth-order valence-electron chi connectivity index (χ4n) is 10.6. The molecule has 0 aromatic heterocycles. The first kappa shape index (κ1) is 79.6. The zero-order valence-electron chi connectivity index (χ0n) is 54.8. The molecule has 0 aliphatic carbocycles. The van der Waals surface area contributed by atoms with Crippen LogP contribution in [0, 0.1) is 5.41 Å². The molecule has 4 aliphatic rings. The van der Waals surface area contributed by atoms with E-state index in [1.54, 1.807) is 60.7 Å². The Balaban J connectivity index is 1.61. The van der Waals surface area contributed by atoms with Gasteiger partial charge in [-0.05, 0) is 11.1 Å². The van der Waals surface area contributed by atoms with E-state index < -0.39 is 225 Å². The lowest BCUT2D eigenvalue weighted by atomic mass is 9.95. The number of rotatable bonds is 28. The van der Waals surface area contributed by atoms with Crippen LogP contribution in [-0.4, -0.2) is 225 Å². The Hall–Kier alpha value is -7.41. The van der Waals surface area contributed by atoms with Gasteiger partial charge in [-0.2, -0.15) is 0 Å². The molecule has 33 nitrogen and oxygen atoms in total. The topological polar surface area (TPSA) is 405 Å². The van der Waals surface area contributed by atoms with Crippen LogP contribution in [0.4, 0.5) is 0 Å². The summed E-state index contributed by atoms with van der Waals surface area (Å²) in [6.07, 6.45) is -37.2. The normalized spacial score (nSPS) is 29.9. The molecule has 1 N–H and O–H groups in total. The third kappa shape index (κ3) is 23.9. The molecule has 0 amide bonds. The molecule has 20 atom stereocenters. The SMILES string of the molecule is CC(=O)OC[C@H]1O[C@H](O[C@@H]2[C@H](OCc3ccccc3)[C@@H](OC(=N)C(Cl)(Cl)Cl)O[C@H](CO[C@H]3O[C@H](COC(C)=O)[C@@H](OC(C)=O)[C@H](OC(C)=O)[C@@H]3O[C@H]3O[C@H](COC(C)=O)[C@@H](OC(C)=O)[C@H](OC(C)=O)[C@@H]3OC(C)=O)[C@H]2OCc2ccccc2)[C@@H](OC(C)=O)[C@@H](OC(C)=O)[C@@H]1OC(C)=O. The van der Waals surface area contributed by atoms with Crippen LogP contribution in [0.15, 0.2) is 60.7 Å². The third-order valence-electron chi connectivity index (χ3n) is 14.2. The Labute approximate surface area is 575 Å². The van der Waals surface area contributed by atoms with E-state index in [0.29, 0.717) is 11.1 Å². The summed E-state index contributed by atoms with van der Waals surface area (Å²) in [5.41, 5.74) is 1.01. The summed E-state index contributed by atoms with van der Waals surface area (Å²) in [4.78, 5) is 142. The Morgan fingerprint density at radius 3 is 0.969 bits per heavy atom. The van der Waals surface area contributed by atoms with Crippen LogP contribution in [0.25, 0.3) is 0 Å². The highest BCUT2D eigenvalue weighted by Crippen LogP contribution is 2.40. The lowest BCUT2D eigenvalue weighted by Gasteiger charge is -2.50. The maximum absolute atomic E-state index is 13.4. The van der Waals surface area contributed by atoms with Crippen LogP contribution >= 0.6 is 34.8 Å². The van der Waals surface area contributed by atoms with Gasteiger partial charge in [0.2, 0.25) is 12.2 Å². The maximum Gasteiger partial charge on any atom is 0.303 e. The van der Waals surface area contributed by atoms with Crippen molar-refractivity contribution in [1.29, 1.82) is 5.41 Å². The van der Waals surface area contributed by atoms with Gasteiger partial charge >= 0.3 is 65.7 Å². The monoisotopic (exact) mass is 1450 g/mol. The van der Waals surface area contributed by atoms with E-state index in [1.807, 2.05) is 0 Å². The van der Waals surface area contributed by atoms with Gasteiger partial charge in [0, 0.05) is 76.2 Å². The Morgan fingerprint density at radius 1 is 0.327 bits per heavy atom. The summed E-state index contributed by atoms with van der Waals surface area (Å²) in [5.74, 6) is -11.9. The molecule has 2 aromatic carbocycles. The minimum Gasteiger partial charge on any atom is -0.463 e. The van der Waals surface area contributed by atoms with Crippen molar-refractivity contribution in [3.05, 3.63) is 71.8 Å². The second-order valence-corrected chi connectivity index (χ2v) is 24.5. The van der Waals surface area contributed by atoms with Gasteiger partial charge in [0.05, 0.1) is 19.8 Å². The standard InChI is InChI=1S/C62H76Cl3NO32/c1-28(67)78-24-42-46(84-31(4)70)50(87-34(7)73)54(97-60-56(91-38(11)77)52(89-36(9)75)48(86-33(6)72)44(95-60)26-80-30(3)69)57(92-42)83-27-41-45(81-22-39-18-14-12-15-19-39)49(53(82-23-40-20-16-13-17-21-40)58(93-41)98-61(66)62(63,64)65)96-59-55(90-37(10)76)51(88-35(8)74)47(85-32(5)71)43(94-59)25-79-29(2)68/h12-21,41-60,66H,22-27H2,1-11H3/t41-,42-,43-,44-,45-,46-,47-,48-,49+,50+,51+,52+,53+,54+,55+,56+,57+,58-,59-,60-/m1/s1. The van der Waals surface area contributed by atoms with Crippen LogP contribution in [0.5, 0.6) is 0 Å². The minimum atomic E-state index is -2.65. The van der Waals surface area contributed by atoms with E-state index >= 15 is 0 Å². The number of benzene rings is 2. The largest absolute Gasteiger partial charge is 0.463 e. The molecule has 4 saturated heterocycles. The predicted octanol–water partition coefficient (Wildman–Crippen LogP) is 3.35. The zero-order chi connectivity index (χ0) is 72.3. The molecule has 36 heteroatoms. The third-order valence-corrected chi connectivity index (χ3v) is 14.7. The van der Waals surface area contributed by atoms with Gasteiger partial charge in [0.1, 0.15) is 62.5 Å². The van der Waals surface area contributed by atoms with Crippen LogP contribution < -0.4 is 0 Å². The number of esters is 11. The van der Waals surface area contributed by atoms with Crippen molar-refractivity contribution in [1.82, 2.24) is 0 Å². The number of nitrogens with one attached hydrogen (secondary N) is 1. The Bertz CT molecular complexity index is 3100. The quantitative estimate of drug-likeness (QED) is 0.0419. The van der Waals surface area contributed by atoms with Gasteiger partial charge in [0.25, 0.3) is 3.79 Å². The van der Waals surface area contributed by atoms with E-state index in [-0.39, 0.29) is 13.2 Å². The summed E-state index contributed by atoms with van der Waals surface area (Å²) >= 11 is 18.8. The van der Waals surface area contributed by atoms with Crippen LogP contribution in [0.2, 0.25) is 0 Å². The van der Waals surface area contributed by atoms with Crippen molar-refractivity contribution in [3.8, 4) is 0 Å². The molecule has 4 fully saturated rings. The molecule has 0 unspecified atom stereocenters. The van der Waals surface area contributed by atoms with Gasteiger partial charge < -0.3 is 99.5 Å². The second kappa shape index (κ2) is 37.1. The van der Waals surface area contributed by atoms with Gasteiger partial charge in [0.15, 0.2) is 73.8 Å². The van der Waals surface area contributed by atoms with E-state index in [2.05, 4.69) is 0 Å². The number of ether oxygens (including phenoxy) is 21. The van der Waals surface area contributed by atoms with Crippen molar-refractivity contribution < 1.29 is 152 Å². The van der Waals surface area contributed by atoms with E-state index in [0.717, 1.165) is 76.2 Å². The second-order valence-electron chi connectivity index (χ2n) is 22.2. The fraction of sp³-hybridized carbons (Fsp3) is 0.613. The molecular formula is C62H76Cl3NO32. The van der Waals surface area contributed by atoms with Crippen molar-refractivity contribution in [2.75, 3.05) is 26.4 Å². The fourth-order valence-corrected chi connectivity index (χ4v) is 10.7. The van der Waals surface area contributed by atoms with E-state index in [1.165, 1.54) is 0 Å². The highest BCUT2D eigenvalue weighted by molar-refractivity contribution is 6.76. The molecule has 4 aliphatic heterocycles. The number of hydrogen-bond donors (Lipinski definition) is 1. The van der Waals surface area contributed by atoms with Gasteiger partial charge in [-0.15, -0.1) is 0 Å². The molecule has 4 heterocycles. The summed E-state index contributed by atoms with van der Waals surface area (Å²) in [7, 11) is 0. The molecular weight excluding hydrogens is 1380 g/mol. The van der Waals surface area contributed by atoms with Crippen molar-refractivity contribution in [2.24, 2.45) is 0 Å². The highest BCUT2D eigenvalue weighted by Gasteiger charge is 2.61. The lowest BCUT2D eigenvalue weighted by molar-refractivity contribution is -0.380. The van der Waals surface area contributed by atoms with Gasteiger partial charge in [-0.25, -0.2) is 0 Å². The molecule has 0 radical (unpaired) electrons. The van der Waals surface area contributed by atoms with Gasteiger partial charge in [-0.1, -0.05) is 95.5 Å². The molecule has 542 valence electrons. The van der Waals surface area contributed by atoms with Crippen molar-refractivity contribution in [2.45, 2.75) is 216 Å². The Kier molecular flexibility index (Phi) is 30.2. The molecule has 0 bridgehead atoms. The lowest BCUT2D eigenvalue weighted by Crippen LogP contribution is -2.68. The molecule has 0 spiro atoms. The summed E-state index contributed by atoms with van der Waals surface area (Å²) in [6, 6.07) is 16.9. The predicted molar refractivity (Wildman–Crippen MR) is 324 cm³/mol. The minimum absolute atomic E-state index is 0.334. The molecule has 2 aromatic rings.